The number of fused-ring (bicyclic) bond motifs is 4. The summed E-state index contributed by atoms with van der Waals surface area (Å²) < 4.78 is 6.08. The van der Waals surface area contributed by atoms with E-state index in [4.69, 9.17) is 4.74 Å². The quantitative estimate of drug-likeness (QED) is 0.704. The van der Waals surface area contributed by atoms with Crippen molar-refractivity contribution >= 4 is 0 Å². The first-order valence-electron chi connectivity index (χ1n) is 10.8. The van der Waals surface area contributed by atoms with Crippen molar-refractivity contribution in [2.45, 2.75) is 84.8 Å². The van der Waals surface area contributed by atoms with Crippen LogP contribution in [0.4, 0.5) is 0 Å². The third-order valence-corrected chi connectivity index (χ3v) is 8.22. The Balaban J connectivity index is 1.31. The second-order valence-corrected chi connectivity index (χ2v) is 10.5. The average molecular weight is 334 g/mol. The van der Waals surface area contributed by atoms with E-state index in [-0.39, 0.29) is 0 Å². The van der Waals surface area contributed by atoms with Gasteiger partial charge in [0.05, 0.1) is 12.2 Å². The molecule has 0 amide bonds. The lowest BCUT2D eigenvalue weighted by molar-refractivity contribution is -0.0520. The molecule has 0 spiro atoms. The maximum absolute atomic E-state index is 6.08. The smallest absolute Gasteiger partial charge is 0.0582 e. The Hall–Kier alpha value is -0.0800. The van der Waals surface area contributed by atoms with Gasteiger partial charge in [0.2, 0.25) is 0 Å². The van der Waals surface area contributed by atoms with E-state index in [1.165, 1.54) is 64.6 Å². The molecule has 0 aromatic carbocycles. The van der Waals surface area contributed by atoms with E-state index in [2.05, 4.69) is 32.6 Å². The van der Waals surface area contributed by atoms with E-state index in [0.717, 1.165) is 29.6 Å². The Kier molecular flexibility index (Phi) is 4.75. The van der Waals surface area contributed by atoms with E-state index < -0.39 is 0 Å². The predicted molar refractivity (Wildman–Crippen MR) is 100.0 cm³/mol. The SMILES string of the molecule is CC(C)C1C2CCC1CN(CCC(C)(C)C1CC3CCC(C1)O3)C2. The molecule has 4 unspecified atom stereocenters. The van der Waals surface area contributed by atoms with Crippen molar-refractivity contribution in [1.29, 1.82) is 0 Å². The van der Waals surface area contributed by atoms with E-state index >= 15 is 0 Å². The summed E-state index contributed by atoms with van der Waals surface area (Å²) in [4.78, 5) is 2.83. The van der Waals surface area contributed by atoms with Crippen molar-refractivity contribution in [3.05, 3.63) is 0 Å². The topological polar surface area (TPSA) is 12.5 Å². The summed E-state index contributed by atoms with van der Waals surface area (Å²) in [5.41, 5.74) is 0.485. The fraction of sp³-hybridized carbons (Fsp3) is 1.00. The molecule has 0 N–H and O–H groups in total. The van der Waals surface area contributed by atoms with Gasteiger partial charge in [0, 0.05) is 13.1 Å². The molecule has 2 nitrogen and oxygen atoms in total. The fourth-order valence-corrected chi connectivity index (χ4v) is 6.78. The van der Waals surface area contributed by atoms with Crippen molar-refractivity contribution in [3.63, 3.8) is 0 Å². The van der Waals surface area contributed by atoms with Crippen molar-refractivity contribution in [2.75, 3.05) is 19.6 Å². The molecule has 24 heavy (non-hydrogen) atoms. The molecule has 0 aromatic rings. The largest absolute Gasteiger partial charge is 0.375 e. The summed E-state index contributed by atoms with van der Waals surface area (Å²) in [5, 5.41) is 0. The minimum absolute atomic E-state index is 0.485. The molecule has 0 aromatic heterocycles. The van der Waals surface area contributed by atoms with Gasteiger partial charge in [-0.15, -0.1) is 0 Å². The molecule has 3 saturated heterocycles. The van der Waals surface area contributed by atoms with Gasteiger partial charge in [0.1, 0.15) is 0 Å². The Morgan fingerprint density at radius 3 is 2.08 bits per heavy atom. The highest BCUT2D eigenvalue weighted by molar-refractivity contribution is 4.95. The van der Waals surface area contributed by atoms with Gasteiger partial charge >= 0.3 is 0 Å². The zero-order chi connectivity index (χ0) is 16.9. The third-order valence-electron chi connectivity index (χ3n) is 8.22. The Bertz CT molecular complexity index is 419. The van der Waals surface area contributed by atoms with Crippen LogP contribution in [-0.4, -0.2) is 36.7 Å². The summed E-state index contributed by atoms with van der Waals surface area (Å²) in [7, 11) is 0. The first kappa shape index (κ1) is 17.3. The highest BCUT2D eigenvalue weighted by atomic mass is 16.5. The lowest BCUT2D eigenvalue weighted by Crippen LogP contribution is -2.45. The number of nitrogens with zero attached hydrogens (tertiary/aromatic N) is 1. The van der Waals surface area contributed by atoms with Crippen LogP contribution in [0.2, 0.25) is 0 Å². The normalized spacial score (nSPS) is 42.9. The van der Waals surface area contributed by atoms with E-state index in [1.54, 1.807) is 0 Å². The van der Waals surface area contributed by atoms with Gasteiger partial charge in [0.15, 0.2) is 0 Å². The van der Waals surface area contributed by atoms with Gasteiger partial charge in [-0.1, -0.05) is 27.7 Å². The average Bonchev–Trinajstić information content (AvgIpc) is 3.01. The Morgan fingerprint density at radius 1 is 0.958 bits per heavy atom. The van der Waals surface area contributed by atoms with Crippen LogP contribution in [-0.2, 0) is 4.74 Å². The molecule has 4 rings (SSSR count). The second kappa shape index (κ2) is 6.58. The molecule has 4 fully saturated rings. The van der Waals surface area contributed by atoms with Crippen LogP contribution in [0.25, 0.3) is 0 Å². The number of likely N-dealkylation sites (tertiary alicyclic amines) is 1. The van der Waals surface area contributed by atoms with Gasteiger partial charge < -0.3 is 9.64 Å². The lowest BCUT2D eigenvalue weighted by atomic mass is 9.71. The molecule has 4 atom stereocenters. The highest BCUT2D eigenvalue weighted by Gasteiger charge is 2.44. The van der Waals surface area contributed by atoms with Crippen molar-refractivity contribution in [1.82, 2.24) is 4.90 Å². The first-order valence-corrected chi connectivity index (χ1v) is 10.8. The summed E-state index contributed by atoms with van der Waals surface area (Å²) in [6.07, 6.45) is 10.8. The van der Waals surface area contributed by atoms with Crippen LogP contribution in [0.5, 0.6) is 0 Å². The minimum atomic E-state index is 0.485. The molecule has 3 heterocycles. The number of ether oxygens (including phenoxy) is 1. The van der Waals surface area contributed by atoms with E-state index in [1.807, 2.05) is 0 Å². The Labute approximate surface area is 149 Å². The van der Waals surface area contributed by atoms with E-state index in [9.17, 15) is 0 Å². The minimum Gasteiger partial charge on any atom is -0.375 e. The molecule has 138 valence electrons. The standard InChI is InChI=1S/C22H39NO/c1-15(2)21-16-5-6-17(21)14-23(13-16)10-9-22(3,4)18-11-19-7-8-20(12-18)24-19/h15-21H,5-14H2,1-4H3. The van der Waals surface area contributed by atoms with Gasteiger partial charge in [0.25, 0.3) is 0 Å². The molecular formula is C22H39NO. The van der Waals surface area contributed by atoms with Gasteiger partial charge in [-0.2, -0.15) is 0 Å². The van der Waals surface area contributed by atoms with Crippen molar-refractivity contribution in [3.8, 4) is 0 Å². The zero-order valence-electron chi connectivity index (χ0n) is 16.5. The third kappa shape index (κ3) is 3.30. The van der Waals surface area contributed by atoms with Crippen LogP contribution < -0.4 is 0 Å². The van der Waals surface area contributed by atoms with Crippen LogP contribution in [0.15, 0.2) is 0 Å². The van der Waals surface area contributed by atoms with Gasteiger partial charge in [-0.3, -0.25) is 0 Å². The highest BCUT2D eigenvalue weighted by Crippen LogP contribution is 2.48. The first-order chi connectivity index (χ1) is 11.4. The molecular weight excluding hydrogens is 294 g/mol. The van der Waals surface area contributed by atoms with Crippen LogP contribution in [0.3, 0.4) is 0 Å². The predicted octanol–water partition coefficient (Wildman–Crippen LogP) is 4.97. The summed E-state index contributed by atoms with van der Waals surface area (Å²) in [6, 6.07) is 0. The number of hydrogen-bond acceptors (Lipinski definition) is 2. The summed E-state index contributed by atoms with van der Waals surface area (Å²) in [6.45, 7) is 14.1. The number of piperidine rings is 1. The van der Waals surface area contributed by atoms with Gasteiger partial charge in [-0.25, -0.2) is 0 Å². The fourth-order valence-electron chi connectivity index (χ4n) is 6.78. The van der Waals surface area contributed by atoms with E-state index in [0.29, 0.717) is 17.6 Å². The molecule has 1 aliphatic carbocycles. The molecule has 4 aliphatic rings. The molecule has 4 bridgehead atoms. The summed E-state index contributed by atoms with van der Waals surface area (Å²) in [5.74, 6) is 4.77. The lowest BCUT2D eigenvalue weighted by Gasteiger charge is -2.43. The molecule has 0 radical (unpaired) electrons. The summed E-state index contributed by atoms with van der Waals surface area (Å²) >= 11 is 0. The maximum atomic E-state index is 6.08. The molecule has 3 aliphatic heterocycles. The van der Waals surface area contributed by atoms with Crippen LogP contribution >= 0.6 is 0 Å². The number of hydrogen-bond donors (Lipinski definition) is 0. The van der Waals surface area contributed by atoms with Crippen LogP contribution in [0, 0.1) is 35.0 Å². The number of rotatable bonds is 5. The maximum Gasteiger partial charge on any atom is 0.0582 e. The van der Waals surface area contributed by atoms with Crippen LogP contribution in [0.1, 0.15) is 72.6 Å². The second-order valence-electron chi connectivity index (χ2n) is 10.5. The molecule has 1 saturated carbocycles. The monoisotopic (exact) mass is 333 g/mol. The van der Waals surface area contributed by atoms with Crippen molar-refractivity contribution < 1.29 is 4.74 Å². The zero-order valence-corrected chi connectivity index (χ0v) is 16.5. The molecule has 2 heteroatoms. The van der Waals surface area contributed by atoms with Crippen molar-refractivity contribution in [2.24, 2.45) is 35.0 Å². The Morgan fingerprint density at radius 2 is 1.54 bits per heavy atom. The van der Waals surface area contributed by atoms with Gasteiger partial charge in [-0.05, 0) is 86.5 Å².